The number of ether oxygens (including phenoxy) is 2. The zero-order valence-electron chi connectivity index (χ0n) is 21.0. The summed E-state index contributed by atoms with van der Waals surface area (Å²) in [4.78, 5) is 33.9. The molecule has 0 aliphatic rings. The fourth-order valence-corrected chi connectivity index (χ4v) is 4.88. The number of likely N-dealkylation sites (N-methyl/N-ethyl adjacent to an activating group) is 1. The summed E-state index contributed by atoms with van der Waals surface area (Å²) in [6.07, 6.45) is 4.03. The number of hydrogen-bond acceptors (Lipinski definition) is 10. The van der Waals surface area contributed by atoms with Crippen molar-refractivity contribution in [2.24, 2.45) is 5.92 Å². The third kappa shape index (κ3) is 8.93. The molecule has 1 amide bonds. The molecule has 0 spiro atoms. The van der Waals surface area contributed by atoms with Crippen molar-refractivity contribution in [2.45, 2.75) is 33.5 Å². The second-order valence-electron chi connectivity index (χ2n) is 8.49. The first-order chi connectivity index (χ1) is 16.4. The molecule has 1 heterocycles. The van der Waals surface area contributed by atoms with E-state index in [2.05, 4.69) is 15.3 Å². The number of nitrogens with one attached hydrogen (secondary N) is 1. The molecule has 3 N–H and O–H groups in total. The van der Waals surface area contributed by atoms with Gasteiger partial charge in [-0.3, -0.25) is 23.6 Å². The number of rotatable bonds is 12. The minimum Gasteiger partial charge on any atom is -0.494 e. The number of carbonyl (C=O) groups excluding carboxylic acids is 2. The summed E-state index contributed by atoms with van der Waals surface area (Å²) in [7, 11) is 0.138. The fraction of sp³-hybridized carbons (Fsp3) is 0.478. The van der Waals surface area contributed by atoms with Gasteiger partial charge < -0.3 is 20.5 Å². The number of benzene rings is 1. The van der Waals surface area contributed by atoms with Crippen molar-refractivity contribution in [3.8, 4) is 5.75 Å². The maximum Gasteiger partial charge on any atom is 0.307 e. The van der Waals surface area contributed by atoms with Crippen LogP contribution in [-0.4, -0.2) is 66.7 Å². The van der Waals surface area contributed by atoms with E-state index >= 15 is 0 Å². The largest absolute Gasteiger partial charge is 0.494 e. The van der Waals surface area contributed by atoms with Crippen LogP contribution in [0.25, 0.3) is 10.9 Å². The average Bonchev–Trinajstić information content (AvgIpc) is 2.77. The van der Waals surface area contributed by atoms with E-state index in [-0.39, 0.29) is 30.5 Å². The standard InChI is InChI=1S/C23H34N5O6P/c1-7-21(30)33-22(15(2)3)34-35(6,31)14-28(4)10-8-9-20(29)26-18-11-16-13-25-23(24)27-17(16)12-19(18)32-5/h8-9,11-13,15,22H,7,10,14H2,1-6H3,(H,26,29)(H2,24,25,27). The van der Waals surface area contributed by atoms with E-state index in [4.69, 9.17) is 19.7 Å². The predicted octanol–water partition coefficient (Wildman–Crippen LogP) is 3.46. The van der Waals surface area contributed by atoms with E-state index < -0.39 is 19.6 Å². The molecule has 35 heavy (non-hydrogen) atoms. The Kier molecular flexibility index (Phi) is 10.2. The average molecular weight is 508 g/mol. The molecule has 1 aromatic heterocycles. The van der Waals surface area contributed by atoms with Crippen LogP contribution >= 0.6 is 7.37 Å². The number of nitrogens with two attached hydrogens (primary N) is 1. The fourth-order valence-electron chi connectivity index (χ4n) is 3.10. The van der Waals surface area contributed by atoms with Crippen LogP contribution in [-0.2, 0) is 23.4 Å². The molecule has 12 heteroatoms. The number of hydrogen-bond donors (Lipinski definition) is 2. The second-order valence-corrected chi connectivity index (χ2v) is 11.0. The van der Waals surface area contributed by atoms with Crippen molar-refractivity contribution in [2.75, 3.05) is 44.7 Å². The number of nitrogens with zero attached hydrogens (tertiary/aromatic N) is 3. The molecule has 2 rings (SSSR count). The summed E-state index contributed by atoms with van der Waals surface area (Å²) >= 11 is 0. The van der Waals surface area contributed by atoms with Gasteiger partial charge in [0.2, 0.25) is 25.5 Å². The van der Waals surface area contributed by atoms with Gasteiger partial charge in [-0.25, -0.2) is 9.97 Å². The summed E-state index contributed by atoms with van der Waals surface area (Å²) in [5.41, 5.74) is 6.68. The van der Waals surface area contributed by atoms with Crippen molar-refractivity contribution >= 4 is 41.8 Å². The van der Waals surface area contributed by atoms with Crippen molar-refractivity contribution < 1.29 is 28.2 Å². The summed E-state index contributed by atoms with van der Waals surface area (Å²) < 4.78 is 29.2. The summed E-state index contributed by atoms with van der Waals surface area (Å²) in [5, 5.41) is 3.46. The number of anilines is 2. The topological polar surface area (TPSA) is 146 Å². The third-order valence-electron chi connectivity index (χ3n) is 4.77. The number of fused-ring (bicyclic) bond motifs is 1. The van der Waals surface area contributed by atoms with E-state index in [1.165, 1.54) is 19.9 Å². The zero-order valence-corrected chi connectivity index (χ0v) is 21.9. The van der Waals surface area contributed by atoms with Crippen molar-refractivity contribution in [1.29, 1.82) is 0 Å². The van der Waals surface area contributed by atoms with Gasteiger partial charge >= 0.3 is 5.97 Å². The lowest BCUT2D eigenvalue weighted by Gasteiger charge is -2.27. The first-order valence-electron chi connectivity index (χ1n) is 11.1. The van der Waals surface area contributed by atoms with Crippen molar-refractivity contribution in [3.05, 3.63) is 30.5 Å². The maximum atomic E-state index is 13.0. The molecule has 192 valence electrons. The molecule has 11 nitrogen and oxygen atoms in total. The number of amides is 1. The lowest BCUT2D eigenvalue weighted by atomic mass is 10.2. The SMILES string of the molecule is CCC(=O)OC(OP(C)(=O)CN(C)CC=CC(=O)Nc1cc2cnc(N)nc2cc1OC)C(C)C. The Balaban J connectivity index is 1.95. The highest BCUT2D eigenvalue weighted by molar-refractivity contribution is 7.58. The van der Waals surface area contributed by atoms with Crippen LogP contribution in [0.2, 0.25) is 0 Å². The molecule has 2 unspecified atom stereocenters. The smallest absolute Gasteiger partial charge is 0.307 e. The number of carbonyl (C=O) groups is 2. The molecule has 1 aromatic carbocycles. The predicted molar refractivity (Wildman–Crippen MR) is 135 cm³/mol. The lowest BCUT2D eigenvalue weighted by Crippen LogP contribution is -2.28. The number of esters is 1. The van der Waals surface area contributed by atoms with Gasteiger partial charge in [-0.05, 0) is 13.1 Å². The molecule has 0 bridgehead atoms. The third-order valence-corrected chi connectivity index (χ3v) is 6.42. The summed E-state index contributed by atoms with van der Waals surface area (Å²) in [6.45, 7) is 7.18. The minimum absolute atomic E-state index is 0.119. The van der Waals surface area contributed by atoms with Crippen LogP contribution in [0.1, 0.15) is 27.2 Å². The van der Waals surface area contributed by atoms with Crippen molar-refractivity contribution in [1.82, 2.24) is 14.9 Å². The molecule has 0 saturated heterocycles. The van der Waals surface area contributed by atoms with E-state index in [0.717, 1.165) is 0 Å². The van der Waals surface area contributed by atoms with Crippen molar-refractivity contribution in [3.63, 3.8) is 0 Å². The molecule has 2 aromatic rings. The summed E-state index contributed by atoms with van der Waals surface area (Å²) in [5.74, 6) is -0.349. The van der Waals surface area contributed by atoms with Gasteiger partial charge in [0.1, 0.15) is 5.75 Å². The number of aromatic nitrogens is 2. The van der Waals surface area contributed by atoms with Crippen LogP contribution in [0.15, 0.2) is 30.5 Å². The van der Waals surface area contributed by atoms with Crippen LogP contribution in [0, 0.1) is 5.92 Å². The summed E-state index contributed by atoms with van der Waals surface area (Å²) in [6, 6.07) is 3.37. The van der Waals surface area contributed by atoms with Gasteiger partial charge in [0.05, 0.1) is 24.6 Å². The lowest BCUT2D eigenvalue weighted by molar-refractivity contribution is -0.169. The maximum absolute atomic E-state index is 13.0. The Morgan fingerprint density at radius 1 is 1.31 bits per heavy atom. The first kappa shape index (κ1) is 28.2. The Labute approximate surface area is 205 Å². The van der Waals surface area contributed by atoms with Gasteiger partial charge in [0.15, 0.2) is 0 Å². The van der Waals surface area contributed by atoms with E-state index in [0.29, 0.717) is 28.9 Å². The first-order valence-corrected chi connectivity index (χ1v) is 13.4. The van der Waals surface area contributed by atoms with Crippen LogP contribution in [0.4, 0.5) is 11.6 Å². The molecule has 0 radical (unpaired) electrons. The Morgan fingerprint density at radius 3 is 2.66 bits per heavy atom. The molecular formula is C23H34N5O6P. The highest BCUT2D eigenvalue weighted by Gasteiger charge is 2.28. The van der Waals surface area contributed by atoms with Gasteiger partial charge in [0, 0.05) is 49.3 Å². The van der Waals surface area contributed by atoms with Gasteiger partial charge in [0.25, 0.3) is 0 Å². The molecule has 2 atom stereocenters. The van der Waals surface area contributed by atoms with Crippen LogP contribution in [0.3, 0.4) is 0 Å². The normalized spacial score (nSPS) is 14.3. The second kappa shape index (κ2) is 12.6. The van der Waals surface area contributed by atoms with E-state index in [1.54, 1.807) is 43.3 Å². The highest BCUT2D eigenvalue weighted by Crippen LogP contribution is 2.45. The number of nitrogen functional groups attached to an aromatic ring is 1. The Bertz CT molecular complexity index is 1120. The Hall–Kier alpha value is -3.01. The van der Waals surface area contributed by atoms with Crippen LogP contribution < -0.4 is 15.8 Å². The number of methoxy groups -OCH3 is 1. The molecular weight excluding hydrogens is 473 g/mol. The Morgan fingerprint density at radius 2 is 2.03 bits per heavy atom. The molecule has 0 aliphatic heterocycles. The van der Waals surface area contributed by atoms with Gasteiger partial charge in [-0.1, -0.05) is 26.8 Å². The van der Waals surface area contributed by atoms with E-state index in [1.807, 2.05) is 13.8 Å². The van der Waals surface area contributed by atoms with Gasteiger partial charge in [-0.15, -0.1) is 0 Å². The molecule has 0 saturated carbocycles. The van der Waals surface area contributed by atoms with Gasteiger partial charge in [-0.2, -0.15) is 0 Å². The van der Waals surface area contributed by atoms with Crippen LogP contribution in [0.5, 0.6) is 5.75 Å². The minimum atomic E-state index is -3.10. The molecule has 0 fully saturated rings. The molecule has 0 aliphatic carbocycles. The zero-order chi connectivity index (χ0) is 26.2. The monoisotopic (exact) mass is 507 g/mol. The van der Waals surface area contributed by atoms with E-state index in [9.17, 15) is 14.2 Å². The highest BCUT2D eigenvalue weighted by atomic mass is 31.2. The quantitative estimate of drug-likeness (QED) is 0.189.